The van der Waals surface area contributed by atoms with Gasteiger partial charge in [0.15, 0.2) is 5.65 Å². The molecular weight excluding hydrogens is 276 g/mol. The van der Waals surface area contributed by atoms with E-state index in [0.29, 0.717) is 16.9 Å². The highest BCUT2D eigenvalue weighted by Gasteiger charge is 2.05. The lowest BCUT2D eigenvalue weighted by Crippen LogP contribution is -2.07. The Morgan fingerprint density at radius 1 is 0.955 bits per heavy atom. The largest absolute Gasteiger partial charge is 0.378 e. The van der Waals surface area contributed by atoms with Gasteiger partial charge >= 0.3 is 0 Å². The summed E-state index contributed by atoms with van der Waals surface area (Å²) in [5.74, 6) is 0.190. The molecule has 3 rings (SSSR count). The normalized spacial score (nSPS) is 11.2. The number of aromatic nitrogens is 4. The van der Waals surface area contributed by atoms with Gasteiger partial charge in [0, 0.05) is 32.2 Å². The topological polar surface area (TPSA) is 80.8 Å². The average Bonchev–Trinajstić information content (AvgIpc) is 2.52. The summed E-state index contributed by atoms with van der Waals surface area (Å²) in [7, 11) is 4.03. The lowest BCUT2D eigenvalue weighted by molar-refractivity contribution is 1.13. The van der Waals surface area contributed by atoms with Crippen LogP contribution in [-0.2, 0) is 0 Å². The van der Waals surface area contributed by atoms with Crippen LogP contribution in [0, 0.1) is 0 Å². The van der Waals surface area contributed by atoms with Crippen LogP contribution >= 0.6 is 0 Å². The first-order valence-electron chi connectivity index (χ1n) is 6.83. The Balaban J connectivity index is 1.95. The van der Waals surface area contributed by atoms with Crippen molar-refractivity contribution in [1.29, 1.82) is 0 Å². The number of nitrogen functional groups attached to an aromatic ring is 1. The molecule has 0 aliphatic carbocycles. The lowest BCUT2D eigenvalue weighted by atomic mass is 10.1. The van der Waals surface area contributed by atoms with Gasteiger partial charge in [-0.25, -0.2) is 15.0 Å². The van der Waals surface area contributed by atoms with E-state index in [-0.39, 0.29) is 5.95 Å². The van der Waals surface area contributed by atoms with Gasteiger partial charge in [-0.2, -0.15) is 4.98 Å². The van der Waals surface area contributed by atoms with Crippen LogP contribution in [0.5, 0.6) is 0 Å². The van der Waals surface area contributed by atoms with E-state index in [2.05, 4.69) is 37.0 Å². The summed E-state index contributed by atoms with van der Waals surface area (Å²) in [6, 6.07) is 8.21. The number of rotatable bonds is 3. The van der Waals surface area contributed by atoms with Crippen molar-refractivity contribution in [3.05, 3.63) is 47.9 Å². The fraction of sp³-hybridized carbons (Fsp3) is 0.125. The summed E-state index contributed by atoms with van der Waals surface area (Å²) >= 11 is 0. The zero-order valence-electron chi connectivity index (χ0n) is 12.4. The number of hydrogen-bond donors (Lipinski definition) is 1. The first kappa shape index (κ1) is 13.9. The van der Waals surface area contributed by atoms with Crippen molar-refractivity contribution < 1.29 is 0 Å². The monoisotopic (exact) mass is 292 g/mol. The van der Waals surface area contributed by atoms with E-state index >= 15 is 0 Å². The third kappa shape index (κ3) is 2.85. The van der Waals surface area contributed by atoms with Gasteiger partial charge < -0.3 is 10.6 Å². The lowest BCUT2D eigenvalue weighted by Gasteiger charge is -2.11. The molecular formula is C16H16N6. The predicted molar refractivity (Wildman–Crippen MR) is 89.2 cm³/mol. The van der Waals surface area contributed by atoms with Gasteiger partial charge in [-0.1, -0.05) is 18.2 Å². The van der Waals surface area contributed by atoms with Gasteiger partial charge in [-0.15, -0.1) is 0 Å². The zero-order chi connectivity index (χ0) is 15.5. The predicted octanol–water partition coefficient (Wildman–Crippen LogP) is 2.24. The molecule has 0 saturated carbocycles. The standard InChI is InChI=1S/C16H16N6/c1-22(2)12-6-3-11(4-7-12)5-8-13-14-15(19-10-9-18-14)21-16(17)20-13/h3-10H,1-2H3,(H2,17,19,20,21). The van der Waals surface area contributed by atoms with E-state index in [0.717, 1.165) is 11.3 Å². The van der Waals surface area contributed by atoms with Crippen LogP contribution in [0.1, 0.15) is 11.3 Å². The molecule has 22 heavy (non-hydrogen) atoms. The molecule has 110 valence electrons. The number of nitrogens with zero attached hydrogens (tertiary/aromatic N) is 5. The summed E-state index contributed by atoms with van der Waals surface area (Å²) in [4.78, 5) is 18.8. The Hall–Kier alpha value is -3.02. The van der Waals surface area contributed by atoms with Crippen LogP contribution < -0.4 is 10.6 Å². The molecule has 0 radical (unpaired) electrons. The molecule has 2 N–H and O–H groups in total. The van der Waals surface area contributed by atoms with Gasteiger partial charge in [0.1, 0.15) is 5.52 Å². The Labute approximate surface area is 128 Å². The Kier molecular flexibility index (Phi) is 3.65. The molecule has 1 aromatic carbocycles. The minimum atomic E-state index is 0.190. The first-order chi connectivity index (χ1) is 10.6. The molecule has 0 atom stereocenters. The van der Waals surface area contributed by atoms with Crippen molar-refractivity contribution in [2.75, 3.05) is 24.7 Å². The second-order valence-corrected chi connectivity index (χ2v) is 5.01. The van der Waals surface area contributed by atoms with E-state index in [4.69, 9.17) is 5.73 Å². The van der Waals surface area contributed by atoms with Crippen LogP contribution in [0.15, 0.2) is 36.7 Å². The number of hydrogen-bond acceptors (Lipinski definition) is 6. The van der Waals surface area contributed by atoms with Crippen molar-refractivity contribution in [1.82, 2.24) is 19.9 Å². The second-order valence-electron chi connectivity index (χ2n) is 5.01. The molecule has 0 aliphatic heterocycles. The fourth-order valence-corrected chi connectivity index (χ4v) is 2.08. The average molecular weight is 292 g/mol. The third-order valence-electron chi connectivity index (χ3n) is 3.22. The molecule has 6 heteroatoms. The van der Waals surface area contributed by atoms with E-state index < -0.39 is 0 Å². The second kappa shape index (κ2) is 5.77. The number of benzene rings is 1. The van der Waals surface area contributed by atoms with E-state index in [9.17, 15) is 0 Å². The smallest absolute Gasteiger partial charge is 0.222 e. The Morgan fingerprint density at radius 2 is 1.68 bits per heavy atom. The highest BCUT2D eigenvalue weighted by Crippen LogP contribution is 2.17. The van der Waals surface area contributed by atoms with Gasteiger partial charge in [0.2, 0.25) is 5.95 Å². The summed E-state index contributed by atoms with van der Waals surface area (Å²) in [5, 5.41) is 0. The Morgan fingerprint density at radius 3 is 2.41 bits per heavy atom. The van der Waals surface area contributed by atoms with Gasteiger partial charge in [-0.3, -0.25) is 0 Å². The number of anilines is 2. The Bertz CT molecular complexity index is 824. The summed E-state index contributed by atoms with van der Waals surface area (Å²) in [5.41, 5.74) is 9.73. The molecule has 0 spiro atoms. The molecule has 0 fully saturated rings. The summed E-state index contributed by atoms with van der Waals surface area (Å²) in [6.07, 6.45) is 7.04. The van der Waals surface area contributed by atoms with Crippen LogP contribution in [0.25, 0.3) is 23.3 Å². The van der Waals surface area contributed by atoms with Crippen LogP contribution in [-0.4, -0.2) is 34.0 Å². The zero-order valence-corrected chi connectivity index (χ0v) is 12.4. The van der Waals surface area contributed by atoms with Crippen LogP contribution in [0.4, 0.5) is 11.6 Å². The fourth-order valence-electron chi connectivity index (χ4n) is 2.08. The van der Waals surface area contributed by atoms with Crippen LogP contribution in [0.2, 0.25) is 0 Å². The molecule has 0 amide bonds. The molecule has 6 nitrogen and oxygen atoms in total. The van der Waals surface area contributed by atoms with Crippen molar-refractivity contribution in [3.63, 3.8) is 0 Å². The highest BCUT2D eigenvalue weighted by molar-refractivity contribution is 5.84. The molecule has 0 unspecified atom stereocenters. The minimum Gasteiger partial charge on any atom is -0.378 e. The van der Waals surface area contributed by atoms with Crippen molar-refractivity contribution in [2.24, 2.45) is 0 Å². The number of fused-ring (bicyclic) bond motifs is 1. The van der Waals surface area contributed by atoms with Crippen molar-refractivity contribution >= 4 is 35.0 Å². The van der Waals surface area contributed by atoms with Gasteiger partial charge in [0.25, 0.3) is 0 Å². The summed E-state index contributed by atoms with van der Waals surface area (Å²) < 4.78 is 0. The quantitative estimate of drug-likeness (QED) is 0.797. The first-order valence-corrected chi connectivity index (χ1v) is 6.83. The maximum Gasteiger partial charge on any atom is 0.222 e. The van der Waals surface area contributed by atoms with Crippen molar-refractivity contribution in [3.8, 4) is 0 Å². The maximum absolute atomic E-state index is 5.72. The molecule has 2 heterocycles. The SMILES string of the molecule is CN(C)c1ccc(C=Cc2nc(N)nc3nccnc23)cc1. The molecule has 0 saturated heterocycles. The molecule has 2 aromatic heterocycles. The summed E-state index contributed by atoms with van der Waals surface area (Å²) in [6.45, 7) is 0. The maximum atomic E-state index is 5.72. The van der Waals surface area contributed by atoms with Gasteiger partial charge in [0.05, 0.1) is 5.69 Å². The van der Waals surface area contributed by atoms with E-state index in [1.165, 1.54) is 0 Å². The molecule has 0 aliphatic rings. The van der Waals surface area contributed by atoms with E-state index in [1.807, 2.05) is 38.4 Å². The van der Waals surface area contributed by atoms with Crippen molar-refractivity contribution in [2.45, 2.75) is 0 Å². The third-order valence-corrected chi connectivity index (χ3v) is 3.22. The minimum absolute atomic E-state index is 0.190. The number of nitrogens with two attached hydrogens (primary N) is 1. The van der Waals surface area contributed by atoms with Gasteiger partial charge in [-0.05, 0) is 23.8 Å². The van der Waals surface area contributed by atoms with E-state index in [1.54, 1.807) is 12.4 Å². The highest BCUT2D eigenvalue weighted by atomic mass is 15.1. The molecule has 3 aromatic rings. The van der Waals surface area contributed by atoms with Crippen LogP contribution in [0.3, 0.4) is 0 Å². The molecule has 0 bridgehead atoms.